The van der Waals surface area contributed by atoms with Crippen molar-refractivity contribution in [1.82, 2.24) is 9.88 Å². The first-order chi connectivity index (χ1) is 15.3. The van der Waals surface area contributed by atoms with Crippen LogP contribution in [0, 0.1) is 27.7 Å². The maximum atomic E-state index is 13.0. The van der Waals surface area contributed by atoms with Crippen LogP contribution in [0.3, 0.4) is 0 Å². The lowest BCUT2D eigenvalue weighted by atomic mass is 10.0. The minimum atomic E-state index is -0.0714. The van der Waals surface area contributed by atoms with E-state index in [1.807, 2.05) is 13.0 Å². The molecular formula is C26H31N3O2S. The zero-order valence-electron chi connectivity index (χ0n) is 19.2. The first kappa shape index (κ1) is 22.5. The van der Waals surface area contributed by atoms with Gasteiger partial charge in [-0.1, -0.05) is 29.8 Å². The van der Waals surface area contributed by atoms with Crippen LogP contribution in [0.25, 0.3) is 10.9 Å². The van der Waals surface area contributed by atoms with Crippen molar-refractivity contribution < 1.29 is 4.74 Å². The summed E-state index contributed by atoms with van der Waals surface area (Å²) in [6.07, 6.45) is 2.19. The summed E-state index contributed by atoms with van der Waals surface area (Å²) in [7, 11) is 0. The van der Waals surface area contributed by atoms with Crippen LogP contribution in [0.15, 0.2) is 41.2 Å². The monoisotopic (exact) mass is 449 g/mol. The van der Waals surface area contributed by atoms with E-state index in [2.05, 4.69) is 66.3 Å². The number of thiocarbonyl (C=S) groups is 1. The van der Waals surface area contributed by atoms with Gasteiger partial charge in [-0.2, -0.15) is 0 Å². The molecule has 168 valence electrons. The summed E-state index contributed by atoms with van der Waals surface area (Å²) in [5, 5.41) is 5.03. The number of rotatable bonds is 5. The molecule has 0 radical (unpaired) electrons. The molecule has 1 aliphatic rings. The fraction of sp³-hybridized carbons (Fsp3) is 0.385. The molecule has 0 unspecified atom stereocenters. The summed E-state index contributed by atoms with van der Waals surface area (Å²) in [5.41, 5.74) is 7.13. The van der Waals surface area contributed by atoms with E-state index in [9.17, 15) is 4.79 Å². The van der Waals surface area contributed by atoms with E-state index >= 15 is 0 Å². The molecule has 1 saturated heterocycles. The Hall–Kier alpha value is -2.70. The summed E-state index contributed by atoms with van der Waals surface area (Å²) in [6, 6.07) is 12.4. The van der Waals surface area contributed by atoms with E-state index in [1.165, 1.54) is 11.1 Å². The number of hydrogen-bond acceptors (Lipinski definition) is 3. The summed E-state index contributed by atoms with van der Waals surface area (Å²) in [4.78, 5) is 18.1. The third-order valence-corrected chi connectivity index (χ3v) is 6.71. The maximum Gasteiger partial charge on any atom is 0.253 e. The van der Waals surface area contributed by atoms with Gasteiger partial charge < -0.3 is 19.9 Å². The number of benzene rings is 2. The lowest BCUT2D eigenvalue weighted by molar-refractivity contribution is 0.0904. The topological polar surface area (TPSA) is 57.4 Å². The van der Waals surface area contributed by atoms with Crippen molar-refractivity contribution in [3.8, 4) is 0 Å². The molecular weight excluding hydrogens is 418 g/mol. The largest absolute Gasteiger partial charge is 0.376 e. The Bertz CT molecular complexity index is 1210. The number of pyridine rings is 1. The zero-order chi connectivity index (χ0) is 22.8. The molecule has 32 heavy (non-hydrogen) atoms. The number of H-pyrrole nitrogens is 1. The van der Waals surface area contributed by atoms with Gasteiger partial charge in [0, 0.05) is 24.4 Å². The van der Waals surface area contributed by atoms with Gasteiger partial charge in [0.15, 0.2) is 5.11 Å². The predicted molar refractivity (Wildman–Crippen MR) is 136 cm³/mol. The van der Waals surface area contributed by atoms with Crippen LogP contribution in [0.1, 0.15) is 40.7 Å². The molecule has 4 rings (SSSR count). The van der Waals surface area contributed by atoms with Gasteiger partial charge >= 0.3 is 0 Å². The Kier molecular flexibility index (Phi) is 6.63. The smallest absolute Gasteiger partial charge is 0.253 e. The van der Waals surface area contributed by atoms with Crippen molar-refractivity contribution in [3.63, 3.8) is 0 Å². The Morgan fingerprint density at radius 2 is 1.97 bits per heavy atom. The number of anilines is 1. The summed E-state index contributed by atoms with van der Waals surface area (Å²) < 4.78 is 5.88. The Morgan fingerprint density at radius 1 is 1.16 bits per heavy atom. The third-order valence-electron chi connectivity index (χ3n) is 6.35. The molecule has 1 fully saturated rings. The molecule has 1 aromatic heterocycles. The molecule has 1 atom stereocenters. The molecule has 2 N–H and O–H groups in total. The molecule has 3 aromatic rings. The van der Waals surface area contributed by atoms with Crippen LogP contribution in [0.4, 0.5) is 5.69 Å². The average Bonchev–Trinajstić information content (AvgIpc) is 3.26. The molecule has 0 bridgehead atoms. The van der Waals surface area contributed by atoms with Gasteiger partial charge in [0.2, 0.25) is 0 Å². The highest BCUT2D eigenvalue weighted by atomic mass is 32.1. The molecule has 0 amide bonds. The van der Waals surface area contributed by atoms with E-state index in [0.29, 0.717) is 23.8 Å². The van der Waals surface area contributed by atoms with E-state index in [-0.39, 0.29) is 11.7 Å². The van der Waals surface area contributed by atoms with Crippen molar-refractivity contribution in [2.24, 2.45) is 0 Å². The number of aromatic nitrogens is 1. The second-order valence-electron chi connectivity index (χ2n) is 8.86. The van der Waals surface area contributed by atoms with Crippen LogP contribution < -0.4 is 10.9 Å². The number of nitrogens with one attached hydrogen (secondary N) is 2. The van der Waals surface area contributed by atoms with Gasteiger partial charge in [-0.3, -0.25) is 4.79 Å². The van der Waals surface area contributed by atoms with E-state index in [0.717, 1.165) is 47.2 Å². The van der Waals surface area contributed by atoms with Gasteiger partial charge in [-0.15, -0.1) is 0 Å². The predicted octanol–water partition coefficient (Wildman–Crippen LogP) is 5.14. The lowest BCUT2D eigenvalue weighted by Crippen LogP contribution is -2.40. The molecule has 6 heteroatoms. The van der Waals surface area contributed by atoms with Gasteiger partial charge in [0.1, 0.15) is 0 Å². The molecule has 1 aliphatic heterocycles. The van der Waals surface area contributed by atoms with E-state index in [4.69, 9.17) is 17.0 Å². The quantitative estimate of drug-likeness (QED) is 0.528. The van der Waals surface area contributed by atoms with Crippen molar-refractivity contribution in [2.75, 3.05) is 18.5 Å². The number of fused-ring (bicyclic) bond motifs is 1. The highest BCUT2D eigenvalue weighted by molar-refractivity contribution is 7.80. The minimum Gasteiger partial charge on any atom is -0.376 e. The maximum absolute atomic E-state index is 13.0. The summed E-state index contributed by atoms with van der Waals surface area (Å²) >= 11 is 5.81. The first-order valence-electron chi connectivity index (χ1n) is 11.2. The first-order valence-corrected chi connectivity index (χ1v) is 11.6. The molecule has 2 heterocycles. The Morgan fingerprint density at radius 3 is 2.69 bits per heavy atom. The number of aromatic amines is 1. The van der Waals surface area contributed by atoms with Crippen molar-refractivity contribution in [3.05, 3.63) is 74.6 Å². The van der Waals surface area contributed by atoms with Gasteiger partial charge in [-0.25, -0.2) is 0 Å². The SMILES string of the molecule is Cc1ccc(NC(=S)N(Cc2cc3ccc(C)c(C)c3[nH]c2=O)C[C@H]2CCCO2)c(C)c1. The highest BCUT2D eigenvalue weighted by Gasteiger charge is 2.22. The second-order valence-corrected chi connectivity index (χ2v) is 9.25. The van der Waals surface area contributed by atoms with Gasteiger partial charge in [0.05, 0.1) is 18.2 Å². The molecule has 0 saturated carbocycles. The fourth-order valence-corrected chi connectivity index (χ4v) is 4.54. The minimum absolute atomic E-state index is 0.0714. The van der Waals surface area contributed by atoms with Crippen LogP contribution in [0.2, 0.25) is 0 Å². The summed E-state index contributed by atoms with van der Waals surface area (Å²) in [5.74, 6) is 0. The lowest BCUT2D eigenvalue weighted by Gasteiger charge is -2.28. The Balaban J connectivity index is 1.63. The number of nitrogens with zero attached hydrogens (tertiary/aromatic N) is 1. The third kappa shape index (κ3) is 4.87. The van der Waals surface area contributed by atoms with Gasteiger partial charge in [0.25, 0.3) is 5.56 Å². The normalized spacial score (nSPS) is 15.8. The second kappa shape index (κ2) is 9.43. The van der Waals surface area contributed by atoms with Crippen LogP contribution in [0.5, 0.6) is 0 Å². The van der Waals surface area contributed by atoms with Crippen LogP contribution in [-0.4, -0.2) is 34.3 Å². The molecule has 5 nitrogen and oxygen atoms in total. The van der Waals surface area contributed by atoms with Crippen LogP contribution in [-0.2, 0) is 11.3 Å². The molecule has 0 spiro atoms. The van der Waals surface area contributed by atoms with Crippen LogP contribution >= 0.6 is 12.2 Å². The number of ether oxygens (including phenoxy) is 1. The Labute approximate surface area is 194 Å². The number of aryl methyl sites for hydroxylation is 4. The summed E-state index contributed by atoms with van der Waals surface area (Å²) in [6.45, 7) is 10.1. The standard InChI is InChI=1S/C26H31N3O2S/c1-16-7-10-23(18(3)12-16)27-26(32)29(15-22-6-5-11-31-22)14-21-13-20-9-8-17(2)19(4)24(20)28-25(21)30/h7-10,12-13,22H,5-6,11,14-15H2,1-4H3,(H,27,32)(H,28,30)/t22-/m1/s1. The van der Waals surface area contributed by atoms with Gasteiger partial charge in [-0.05, 0) is 87.0 Å². The fourth-order valence-electron chi connectivity index (χ4n) is 4.29. The molecule has 2 aromatic carbocycles. The average molecular weight is 450 g/mol. The number of hydrogen-bond donors (Lipinski definition) is 2. The van der Waals surface area contributed by atoms with E-state index < -0.39 is 0 Å². The zero-order valence-corrected chi connectivity index (χ0v) is 20.1. The highest BCUT2D eigenvalue weighted by Crippen LogP contribution is 2.22. The van der Waals surface area contributed by atoms with Crippen molar-refractivity contribution in [2.45, 2.75) is 53.2 Å². The van der Waals surface area contributed by atoms with Crippen molar-refractivity contribution in [1.29, 1.82) is 0 Å². The van der Waals surface area contributed by atoms with Crippen molar-refractivity contribution >= 4 is 33.9 Å². The molecule has 0 aliphatic carbocycles. The van der Waals surface area contributed by atoms with E-state index in [1.54, 1.807) is 0 Å².